The minimum absolute atomic E-state index is 0.0482. The minimum Gasteiger partial charge on any atom is -0.497 e. The number of halogens is 3. The molecular formula is C25H23F3N4O3. The zero-order valence-corrected chi connectivity index (χ0v) is 18.9. The summed E-state index contributed by atoms with van der Waals surface area (Å²) in [5, 5.41) is 2.57. The van der Waals surface area contributed by atoms with E-state index in [1.54, 1.807) is 48.4 Å². The molecule has 1 fully saturated rings. The van der Waals surface area contributed by atoms with Gasteiger partial charge in [-0.15, -0.1) is 0 Å². The molecule has 4 rings (SSSR count). The highest BCUT2D eigenvalue weighted by atomic mass is 19.4. The number of nitrogens with zero attached hydrogens (tertiary/aromatic N) is 3. The number of hydrogen-bond donors (Lipinski definition) is 1. The number of aromatic nitrogens is 1. The van der Waals surface area contributed by atoms with E-state index >= 15 is 0 Å². The molecule has 10 heteroatoms. The van der Waals surface area contributed by atoms with E-state index in [0.29, 0.717) is 49.0 Å². The number of benzene rings is 2. The van der Waals surface area contributed by atoms with Crippen LogP contribution in [0.25, 0.3) is 0 Å². The highest BCUT2D eigenvalue weighted by Crippen LogP contribution is 2.29. The molecule has 2 aromatic carbocycles. The van der Waals surface area contributed by atoms with Crippen molar-refractivity contribution in [3.63, 3.8) is 0 Å². The van der Waals surface area contributed by atoms with Crippen LogP contribution >= 0.6 is 0 Å². The number of rotatable bonds is 5. The van der Waals surface area contributed by atoms with Crippen molar-refractivity contribution in [1.29, 1.82) is 0 Å². The number of piperazine rings is 1. The number of alkyl halides is 3. The molecule has 2 heterocycles. The Morgan fingerprint density at radius 3 is 2.26 bits per heavy atom. The summed E-state index contributed by atoms with van der Waals surface area (Å²) in [6.45, 7) is 2.23. The predicted molar refractivity (Wildman–Crippen MR) is 125 cm³/mol. The molecule has 0 atom stereocenters. The van der Waals surface area contributed by atoms with Gasteiger partial charge >= 0.3 is 6.18 Å². The highest BCUT2D eigenvalue weighted by molar-refractivity contribution is 6.04. The lowest BCUT2D eigenvalue weighted by Crippen LogP contribution is -2.49. The first-order valence-corrected chi connectivity index (χ1v) is 10.9. The van der Waals surface area contributed by atoms with E-state index < -0.39 is 17.6 Å². The molecule has 0 bridgehead atoms. The van der Waals surface area contributed by atoms with Crippen LogP contribution in [0.15, 0.2) is 66.9 Å². The number of hydrogen-bond acceptors (Lipinski definition) is 5. The van der Waals surface area contributed by atoms with Crippen molar-refractivity contribution >= 4 is 23.3 Å². The third-order valence-corrected chi connectivity index (χ3v) is 5.69. The van der Waals surface area contributed by atoms with Gasteiger partial charge in [0.15, 0.2) is 0 Å². The molecular weight excluding hydrogens is 461 g/mol. The third kappa shape index (κ3) is 5.71. The van der Waals surface area contributed by atoms with Crippen LogP contribution in [-0.2, 0) is 6.18 Å². The number of ether oxygens (including phenoxy) is 1. The molecule has 3 aromatic rings. The van der Waals surface area contributed by atoms with Crippen LogP contribution in [0.4, 0.5) is 24.7 Å². The van der Waals surface area contributed by atoms with Gasteiger partial charge in [-0.3, -0.25) is 9.59 Å². The van der Waals surface area contributed by atoms with Crippen LogP contribution in [0.3, 0.4) is 0 Å². The van der Waals surface area contributed by atoms with Crippen LogP contribution in [0.1, 0.15) is 26.3 Å². The largest absolute Gasteiger partial charge is 0.497 e. The molecule has 1 aliphatic heterocycles. The number of methoxy groups -OCH3 is 1. The van der Waals surface area contributed by atoms with E-state index in [-0.39, 0.29) is 11.5 Å². The van der Waals surface area contributed by atoms with Crippen molar-refractivity contribution < 1.29 is 27.5 Å². The maximum absolute atomic E-state index is 12.9. The van der Waals surface area contributed by atoms with E-state index in [4.69, 9.17) is 4.74 Å². The third-order valence-electron chi connectivity index (χ3n) is 5.69. The van der Waals surface area contributed by atoms with Gasteiger partial charge in [-0.1, -0.05) is 6.07 Å². The average Bonchev–Trinajstić information content (AvgIpc) is 2.88. The van der Waals surface area contributed by atoms with Gasteiger partial charge in [0.2, 0.25) is 0 Å². The Balaban J connectivity index is 1.33. The topological polar surface area (TPSA) is 74.8 Å². The maximum Gasteiger partial charge on any atom is 0.416 e. The van der Waals surface area contributed by atoms with Gasteiger partial charge in [-0.05, 0) is 54.6 Å². The van der Waals surface area contributed by atoms with Gasteiger partial charge in [0.25, 0.3) is 11.8 Å². The Labute approximate surface area is 200 Å². The van der Waals surface area contributed by atoms with Crippen molar-refractivity contribution in [1.82, 2.24) is 9.88 Å². The Kier molecular flexibility index (Phi) is 6.90. The number of anilines is 2. The summed E-state index contributed by atoms with van der Waals surface area (Å²) in [5.74, 6) is 0.662. The summed E-state index contributed by atoms with van der Waals surface area (Å²) in [4.78, 5) is 33.3. The number of carbonyl (C=O) groups excluding carboxylic acids is 2. The summed E-state index contributed by atoms with van der Waals surface area (Å²) in [5.41, 5.74) is -0.0208. The monoisotopic (exact) mass is 484 g/mol. The lowest BCUT2D eigenvalue weighted by molar-refractivity contribution is -0.137. The van der Waals surface area contributed by atoms with Gasteiger partial charge in [0.1, 0.15) is 11.6 Å². The predicted octanol–water partition coefficient (Wildman–Crippen LogP) is 4.32. The van der Waals surface area contributed by atoms with Crippen LogP contribution in [0.2, 0.25) is 0 Å². The summed E-state index contributed by atoms with van der Waals surface area (Å²) in [6, 6.07) is 14.6. The normalized spacial score (nSPS) is 13.9. The van der Waals surface area contributed by atoms with E-state index in [0.717, 1.165) is 12.1 Å². The Morgan fingerprint density at radius 1 is 0.943 bits per heavy atom. The summed E-state index contributed by atoms with van der Waals surface area (Å²) >= 11 is 0. The lowest BCUT2D eigenvalue weighted by Gasteiger charge is -2.35. The highest BCUT2D eigenvalue weighted by Gasteiger charge is 2.31. The molecule has 0 radical (unpaired) electrons. The molecule has 1 saturated heterocycles. The maximum atomic E-state index is 12.9. The molecule has 0 spiro atoms. The molecule has 35 heavy (non-hydrogen) atoms. The molecule has 0 saturated carbocycles. The molecule has 182 valence electrons. The Morgan fingerprint density at radius 2 is 1.66 bits per heavy atom. The van der Waals surface area contributed by atoms with E-state index in [1.807, 2.05) is 4.90 Å². The van der Waals surface area contributed by atoms with E-state index in [9.17, 15) is 22.8 Å². The van der Waals surface area contributed by atoms with Crippen molar-refractivity contribution in [3.8, 4) is 5.75 Å². The first kappa shape index (κ1) is 24.1. The van der Waals surface area contributed by atoms with Gasteiger partial charge in [-0.2, -0.15) is 13.2 Å². The van der Waals surface area contributed by atoms with Gasteiger partial charge in [0.05, 0.1) is 24.6 Å². The minimum atomic E-state index is -4.53. The fourth-order valence-electron chi connectivity index (χ4n) is 3.74. The van der Waals surface area contributed by atoms with Crippen molar-refractivity contribution in [2.24, 2.45) is 0 Å². The van der Waals surface area contributed by atoms with E-state index in [1.165, 1.54) is 18.3 Å². The number of carbonyl (C=O) groups is 2. The molecule has 1 aromatic heterocycles. The SMILES string of the molecule is COc1ccc(C(=O)N2CCN(c3ccc(NC(=O)c4cccc(C(F)(F)F)c4)cn3)CC2)cc1. The fourth-order valence-corrected chi connectivity index (χ4v) is 3.74. The quantitative estimate of drug-likeness (QED) is 0.584. The first-order chi connectivity index (χ1) is 16.7. The summed E-state index contributed by atoms with van der Waals surface area (Å²) in [6.07, 6.45) is -3.07. The molecule has 0 aliphatic carbocycles. The second-order valence-corrected chi connectivity index (χ2v) is 7.95. The van der Waals surface area contributed by atoms with Gasteiger partial charge in [0, 0.05) is 37.3 Å². The van der Waals surface area contributed by atoms with Crippen molar-refractivity contribution in [2.45, 2.75) is 6.18 Å². The average molecular weight is 484 g/mol. The summed E-state index contributed by atoms with van der Waals surface area (Å²) < 4.78 is 43.8. The Hall–Kier alpha value is -4.08. The van der Waals surface area contributed by atoms with Crippen LogP contribution in [0, 0.1) is 0 Å². The number of nitrogens with one attached hydrogen (secondary N) is 1. The number of amides is 2. The Bertz CT molecular complexity index is 1190. The molecule has 0 unspecified atom stereocenters. The van der Waals surface area contributed by atoms with Crippen LogP contribution in [0.5, 0.6) is 5.75 Å². The molecule has 1 aliphatic rings. The van der Waals surface area contributed by atoms with Crippen molar-refractivity contribution in [2.75, 3.05) is 43.5 Å². The standard InChI is InChI=1S/C25H23F3N4O3/c1-35-21-8-5-17(6-9-21)24(34)32-13-11-31(12-14-32)22-10-7-20(16-29-22)30-23(33)18-3-2-4-19(15-18)25(26,27)28/h2-10,15-16H,11-14H2,1H3,(H,30,33). The second kappa shape index (κ2) is 10.0. The van der Waals surface area contributed by atoms with Crippen LogP contribution < -0.4 is 15.0 Å². The van der Waals surface area contributed by atoms with Crippen molar-refractivity contribution in [3.05, 3.63) is 83.6 Å². The molecule has 1 N–H and O–H groups in total. The van der Waals surface area contributed by atoms with E-state index in [2.05, 4.69) is 10.3 Å². The molecule has 7 nitrogen and oxygen atoms in total. The van der Waals surface area contributed by atoms with Gasteiger partial charge in [-0.25, -0.2) is 4.98 Å². The van der Waals surface area contributed by atoms with Gasteiger partial charge < -0.3 is 19.9 Å². The molecule has 2 amide bonds. The second-order valence-electron chi connectivity index (χ2n) is 7.95. The fraction of sp³-hybridized carbons (Fsp3) is 0.240. The lowest BCUT2D eigenvalue weighted by atomic mass is 10.1. The smallest absolute Gasteiger partial charge is 0.416 e. The zero-order chi connectivity index (χ0) is 25.0. The number of pyridine rings is 1. The zero-order valence-electron chi connectivity index (χ0n) is 18.9. The first-order valence-electron chi connectivity index (χ1n) is 10.9. The summed E-state index contributed by atoms with van der Waals surface area (Å²) in [7, 11) is 1.57. The van der Waals surface area contributed by atoms with Crippen LogP contribution in [-0.4, -0.2) is 55.0 Å².